The lowest BCUT2D eigenvalue weighted by Gasteiger charge is -2.33. The molecule has 0 aromatic rings. The first-order chi connectivity index (χ1) is 9.00. The smallest absolute Gasteiger partial charge is 0.306 e. The highest BCUT2D eigenvalue weighted by molar-refractivity contribution is 5.79. The van der Waals surface area contributed by atoms with Gasteiger partial charge in [0.2, 0.25) is 5.91 Å². The number of aliphatic carboxylic acids is 1. The van der Waals surface area contributed by atoms with Crippen LogP contribution in [0.15, 0.2) is 0 Å². The van der Waals surface area contributed by atoms with Crippen molar-refractivity contribution in [2.45, 2.75) is 51.2 Å². The highest BCUT2D eigenvalue weighted by Gasteiger charge is 2.36. The predicted molar refractivity (Wildman–Crippen MR) is 69.7 cm³/mol. The minimum absolute atomic E-state index is 0.00611. The molecule has 2 aliphatic rings. The van der Waals surface area contributed by atoms with Gasteiger partial charge in [-0.2, -0.15) is 0 Å². The van der Waals surface area contributed by atoms with E-state index in [4.69, 9.17) is 9.84 Å². The molecule has 19 heavy (non-hydrogen) atoms. The minimum Gasteiger partial charge on any atom is -0.481 e. The first kappa shape index (κ1) is 14.3. The molecule has 2 atom stereocenters. The van der Waals surface area contributed by atoms with Crippen LogP contribution in [0.2, 0.25) is 0 Å². The Morgan fingerprint density at radius 2 is 1.68 bits per heavy atom. The van der Waals surface area contributed by atoms with Gasteiger partial charge in [0.25, 0.3) is 0 Å². The zero-order chi connectivity index (χ0) is 14.0. The Hall–Kier alpha value is -1.10. The molecule has 1 aliphatic carbocycles. The quantitative estimate of drug-likeness (QED) is 0.843. The van der Waals surface area contributed by atoms with Crippen LogP contribution in [0.1, 0.15) is 39.0 Å². The fourth-order valence-corrected chi connectivity index (χ4v) is 3.27. The lowest BCUT2D eigenvalue weighted by molar-refractivity contribution is -0.146. The molecule has 2 rings (SSSR count). The molecular weight excluding hydrogens is 246 g/mol. The Kier molecular flexibility index (Phi) is 4.45. The Morgan fingerprint density at radius 1 is 1.11 bits per heavy atom. The Balaban J connectivity index is 1.88. The van der Waals surface area contributed by atoms with Crippen LogP contribution in [0.3, 0.4) is 0 Å². The lowest BCUT2D eigenvalue weighted by Crippen LogP contribution is -2.44. The number of carboxylic acids is 1. The first-order valence-electron chi connectivity index (χ1n) is 7.11. The molecule has 5 nitrogen and oxygen atoms in total. The fraction of sp³-hybridized carbons (Fsp3) is 0.857. The maximum atomic E-state index is 12.4. The van der Waals surface area contributed by atoms with E-state index < -0.39 is 5.97 Å². The summed E-state index contributed by atoms with van der Waals surface area (Å²) in [4.78, 5) is 25.2. The summed E-state index contributed by atoms with van der Waals surface area (Å²) in [6.07, 6.45) is 3.63. The van der Waals surface area contributed by atoms with Gasteiger partial charge in [-0.3, -0.25) is 9.59 Å². The number of hydrogen-bond donors (Lipinski definition) is 1. The second kappa shape index (κ2) is 5.90. The lowest BCUT2D eigenvalue weighted by atomic mass is 9.81. The molecule has 1 aliphatic heterocycles. The number of hydrogen-bond acceptors (Lipinski definition) is 3. The summed E-state index contributed by atoms with van der Waals surface area (Å²) < 4.78 is 5.50. The van der Waals surface area contributed by atoms with E-state index in [-0.39, 0.29) is 29.9 Å². The van der Waals surface area contributed by atoms with Crippen molar-refractivity contribution in [3.63, 3.8) is 0 Å². The van der Waals surface area contributed by atoms with Crippen LogP contribution in [0, 0.1) is 11.8 Å². The molecule has 0 radical (unpaired) electrons. The van der Waals surface area contributed by atoms with Gasteiger partial charge in [0, 0.05) is 19.6 Å². The molecule has 1 N–H and O–H groups in total. The summed E-state index contributed by atoms with van der Waals surface area (Å²) in [5.74, 6) is -0.834. The van der Waals surface area contributed by atoms with E-state index in [2.05, 4.69) is 0 Å². The van der Waals surface area contributed by atoms with E-state index >= 15 is 0 Å². The molecule has 1 saturated carbocycles. The van der Waals surface area contributed by atoms with Gasteiger partial charge >= 0.3 is 5.97 Å². The average molecular weight is 269 g/mol. The maximum absolute atomic E-state index is 12.4. The van der Waals surface area contributed by atoms with Gasteiger partial charge in [0.15, 0.2) is 0 Å². The van der Waals surface area contributed by atoms with Crippen molar-refractivity contribution >= 4 is 11.9 Å². The number of carboxylic acid groups (broad SMARTS) is 1. The van der Waals surface area contributed by atoms with Crippen LogP contribution in [0.25, 0.3) is 0 Å². The predicted octanol–water partition coefficient (Wildman–Crippen LogP) is 1.51. The first-order valence-corrected chi connectivity index (χ1v) is 7.11. The van der Waals surface area contributed by atoms with Crippen LogP contribution in [-0.4, -0.2) is 47.7 Å². The van der Waals surface area contributed by atoms with Crippen LogP contribution >= 0.6 is 0 Å². The second-order valence-corrected chi connectivity index (χ2v) is 5.77. The maximum Gasteiger partial charge on any atom is 0.306 e. The van der Waals surface area contributed by atoms with Crippen LogP contribution in [-0.2, 0) is 14.3 Å². The summed E-state index contributed by atoms with van der Waals surface area (Å²) in [7, 11) is 1.85. The van der Waals surface area contributed by atoms with Gasteiger partial charge in [-0.1, -0.05) is 0 Å². The number of carbonyl (C=O) groups excluding carboxylic acids is 1. The largest absolute Gasteiger partial charge is 0.481 e. The fourth-order valence-electron chi connectivity index (χ4n) is 3.27. The van der Waals surface area contributed by atoms with E-state index in [1.807, 2.05) is 18.9 Å². The minimum atomic E-state index is -0.725. The van der Waals surface area contributed by atoms with E-state index in [1.165, 1.54) is 0 Å². The third-order valence-corrected chi connectivity index (χ3v) is 4.61. The number of nitrogens with zero attached hydrogens (tertiary/aromatic N) is 1. The topological polar surface area (TPSA) is 66.8 Å². The van der Waals surface area contributed by atoms with E-state index in [9.17, 15) is 9.59 Å². The van der Waals surface area contributed by atoms with Crippen molar-refractivity contribution in [1.29, 1.82) is 0 Å². The van der Waals surface area contributed by atoms with Gasteiger partial charge in [0.1, 0.15) is 0 Å². The summed E-state index contributed by atoms with van der Waals surface area (Å²) in [5, 5.41) is 8.97. The van der Waals surface area contributed by atoms with Gasteiger partial charge in [0.05, 0.1) is 18.1 Å². The summed E-state index contributed by atoms with van der Waals surface area (Å²) >= 11 is 0. The van der Waals surface area contributed by atoms with Gasteiger partial charge < -0.3 is 14.7 Å². The zero-order valence-electron chi connectivity index (χ0n) is 11.7. The summed E-state index contributed by atoms with van der Waals surface area (Å²) in [6, 6.07) is 0.171. The monoisotopic (exact) mass is 269 g/mol. The molecule has 2 unspecified atom stereocenters. The Labute approximate surface area is 113 Å². The van der Waals surface area contributed by atoms with Crippen molar-refractivity contribution < 1.29 is 19.4 Å². The number of amides is 1. The standard InChI is InChI=1S/C14H23NO4/c1-9-12(7-8-19-9)15(2)13(16)10-3-5-11(6-4-10)14(17)18/h9-12H,3-8H2,1-2H3,(H,17,18). The number of ether oxygens (including phenoxy) is 1. The highest BCUT2D eigenvalue weighted by atomic mass is 16.5. The van der Waals surface area contributed by atoms with Crippen molar-refractivity contribution in [3.05, 3.63) is 0 Å². The summed E-state index contributed by atoms with van der Waals surface area (Å²) in [5.41, 5.74) is 0. The van der Waals surface area contributed by atoms with Crippen LogP contribution in [0.5, 0.6) is 0 Å². The average Bonchev–Trinajstić information content (AvgIpc) is 2.83. The molecular formula is C14H23NO4. The molecule has 5 heteroatoms. The molecule has 1 heterocycles. The van der Waals surface area contributed by atoms with Crippen LogP contribution < -0.4 is 0 Å². The number of rotatable bonds is 3. The van der Waals surface area contributed by atoms with Crippen molar-refractivity contribution in [2.75, 3.05) is 13.7 Å². The SMILES string of the molecule is CC1OCCC1N(C)C(=O)C1CCC(C(=O)O)CC1. The zero-order valence-corrected chi connectivity index (χ0v) is 11.7. The van der Waals surface area contributed by atoms with Gasteiger partial charge in [-0.25, -0.2) is 0 Å². The van der Waals surface area contributed by atoms with Gasteiger partial charge in [-0.05, 0) is 39.0 Å². The van der Waals surface area contributed by atoms with E-state index in [0.717, 1.165) is 13.0 Å². The normalized spacial score (nSPS) is 35.1. The molecule has 0 aromatic carbocycles. The van der Waals surface area contributed by atoms with Crippen molar-refractivity contribution in [1.82, 2.24) is 4.90 Å². The molecule has 1 amide bonds. The molecule has 1 saturated heterocycles. The third kappa shape index (κ3) is 3.08. The van der Waals surface area contributed by atoms with Gasteiger partial charge in [-0.15, -0.1) is 0 Å². The highest BCUT2D eigenvalue weighted by Crippen LogP contribution is 2.31. The Bertz CT molecular complexity index is 349. The van der Waals surface area contributed by atoms with Crippen LogP contribution in [0.4, 0.5) is 0 Å². The van der Waals surface area contributed by atoms with Crippen molar-refractivity contribution in [2.24, 2.45) is 11.8 Å². The van der Waals surface area contributed by atoms with Crippen molar-refractivity contribution in [3.8, 4) is 0 Å². The number of carbonyl (C=O) groups is 2. The van der Waals surface area contributed by atoms with E-state index in [1.54, 1.807) is 0 Å². The second-order valence-electron chi connectivity index (χ2n) is 5.77. The third-order valence-electron chi connectivity index (χ3n) is 4.61. The van der Waals surface area contributed by atoms with E-state index in [0.29, 0.717) is 25.7 Å². The molecule has 0 aromatic heterocycles. The molecule has 0 bridgehead atoms. The molecule has 108 valence electrons. The molecule has 0 spiro atoms. The molecule has 2 fully saturated rings. The summed E-state index contributed by atoms with van der Waals surface area (Å²) in [6.45, 7) is 2.72. The number of likely N-dealkylation sites (N-methyl/N-ethyl adjacent to an activating group) is 1. The Morgan fingerprint density at radius 3 is 2.16 bits per heavy atom.